The first-order valence-electron chi connectivity index (χ1n) is 6.80. The van der Waals surface area contributed by atoms with Crippen molar-refractivity contribution in [2.75, 3.05) is 0 Å². The van der Waals surface area contributed by atoms with Gasteiger partial charge in [0.2, 0.25) is 0 Å². The summed E-state index contributed by atoms with van der Waals surface area (Å²) in [6, 6.07) is 13.0. The molecule has 0 aliphatic carbocycles. The predicted octanol–water partition coefficient (Wildman–Crippen LogP) is 4.28. The van der Waals surface area contributed by atoms with E-state index in [4.69, 9.17) is 5.73 Å². The van der Waals surface area contributed by atoms with Crippen molar-refractivity contribution in [3.8, 4) is 0 Å². The van der Waals surface area contributed by atoms with E-state index >= 15 is 0 Å². The Hall–Kier alpha value is -2.11. The van der Waals surface area contributed by atoms with Gasteiger partial charge in [-0.1, -0.05) is 37.3 Å². The molecule has 1 atom stereocenters. The van der Waals surface area contributed by atoms with Crippen LogP contribution in [0, 0.1) is 0 Å². The second kappa shape index (κ2) is 5.35. The lowest BCUT2D eigenvalue weighted by Gasteiger charge is -2.23. The average molecular weight is 300 g/mol. The summed E-state index contributed by atoms with van der Waals surface area (Å²) in [6.45, 7) is 1.91. The highest BCUT2D eigenvalue weighted by molar-refractivity contribution is 7.25. The number of hydroxylamine groups is 2. The summed E-state index contributed by atoms with van der Waals surface area (Å²) >= 11 is 1.71. The van der Waals surface area contributed by atoms with Crippen LogP contribution < -0.4 is 5.73 Å². The van der Waals surface area contributed by atoms with Crippen LogP contribution >= 0.6 is 11.3 Å². The third-order valence-electron chi connectivity index (χ3n) is 3.70. The van der Waals surface area contributed by atoms with Gasteiger partial charge in [-0.3, -0.25) is 5.21 Å². The van der Waals surface area contributed by atoms with Crippen molar-refractivity contribution < 1.29 is 10.0 Å². The van der Waals surface area contributed by atoms with Gasteiger partial charge in [-0.25, -0.2) is 4.79 Å². The Labute approximate surface area is 126 Å². The maximum Gasteiger partial charge on any atom is 0.339 e. The number of rotatable bonds is 3. The number of hydrogen-bond acceptors (Lipinski definition) is 3. The minimum atomic E-state index is -0.835. The number of hydrogen-bond donors (Lipinski definition) is 2. The number of amides is 2. The van der Waals surface area contributed by atoms with Crippen molar-refractivity contribution in [3.63, 3.8) is 0 Å². The standard InChI is InChI=1S/C16H16N2O2S/c1-2-13(18(20)16(17)19)10-7-8-12-11-5-3-4-6-14(11)21-15(12)9-10/h3-9,13,20H,2H2,1H3,(H2,17,19). The van der Waals surface area contributed by atoms with Gasteiger partial charge in [-0.05, 0) is 24.1 Å². The summed E-state index contributed by atoms with van der Waals surface area (Å²) in [4.78, 5) is 11.2. The van der Waals surface area contributed by atoms with Crippen LogP contribution in [-0.2, 0) is 0 Å². The van der Waals surface area contributed by atoms with Crippen molar-refractivity contribution in [3.05, 3.63) is 48.0 Å². The van der Waals surface area contributed by atoms with Gasteiger partial charge in [0.05, 0.1) is 6.04 Å². The van der Waals surface area contributed by atoms with E-state index in [0.717, 1.165) is 10.3 Å². The molecule has 1 aromatic heterocycles. The van der Waals surface area contributed by atoms with Gasteiger partial charge in [0.1, 0.15) is 0 Å². The van der Waals surface area contributed by atoms with Crippen molar-refractivity contribution in [2.24, 2.45) is 5.73 Å². The normalized spacial score (nSPS) is 12.7. The van der Waals surface area contributed by atoms with Crippen LogP contribution in [0.3, 0.4) is 0 Å². The van der Waals surface area contributed by atoms with E-state index in [1.54, 1.807) is 11.3 Å². The lowest BCUT2D eigenvalue weighted by atomic mass is 10.0. The third kappa shape index (κ3) is 2.34. The fourth-order valence-corrected chi connectivity index (χ4v) is 3.81. The van der Waals surface area contributed by atoms with Gasteiger partial charge in [-0.15, -0.1) is 11.3 Å². The van der Waals surface area contributed by atoms with Crippen molar-refractivity contribution >= 4 is 37.5 Å². The summed E-state index contributed by atoms with van der Waals surface area (Å²) in [6.07, 6.45) is 0.593. The summed E-state index contributed by atoms with van der Waals surface area (Å²) in [7, 11) is 0. The van der Waals surface area contributed by atoms with E-state index in [2.05, 4.69) is 12.1 Å². The number of carbonyl (C=O) groups excluding carboxylic acids is 1. The zero-order chi connectivity index (χ0) is 15.0. The third-order valence-corrected chi connectivity index (χ3v) is 4.83. The van der Waals surface area contributed by atoms with E-state index in [-0.39, 0.29) is 0 Å². The first kappa shape index (κ1) is 13.9. The average Bonchev–Trinajstić information content (AvgIpc) is 2.85. The van der Waals surface area contributed by atoms with Crippen LogP contribution in [0.1, 0.15) is 24.9 Å². The number of nitrogens with zero attached hydrogens (tertiary/aromatic N) is 1. The molecule has 21 heavy (non-hydrogen) atoms. The Morgan fingerprint density at radius 3 is 2.67 bits per heavy atom. The number of fused-ring (bicyclic) bond motifs is 3. The maximum atomic E-state index is 11.2. The fraction of sp³-hybridized carbons (Fsp3) is 0.188. The molecule has 4 nitrogen and oxygen atoms in total. The number of benzene rings is 2. The number of urea groups is 1. The Morgan fingerprint density at radius 2 is 1.95 bits per heavy atom. The Kier molecular flexibility index (Phi) is 3.53. The van der Waals surface area contributed by atoms with Crippen LogP contribution in [0.25, 0.3) is 20.2 Å². The van der Waals surface area contributed by atoms with Crippen LogP contribution in [0.4, 0.5) is 4.79 Å². The van der Waals surface area contributed by atoms with Crippen LogP contribution in [0.2, 0.25) is 0 Å². The summed E-state index contributed by atoms with van der Waals surface area (Å²) in [5.74, 6) is 0. The van der Waals surface area contributed by atoms with Gasteiger partial charge in [-0.2, -0.15) is 5.06 Å². The molecular formula is C16H16N2O2S. The zero-order valence-corrected chi connectivity index (χ0v) is 12.4. The maximum absolute atomic E-state index is 11.2. The van der Waals surface area contributed by atoms with Crippen molar-refractivity contribution in [2.45, 2.75) is 19.4 Å². The van der Waals surface area contributed by atoms with E-state index in [1.807, 2.05) is 37.3 Å². The first-order chi connectivity index (χ1) is 10.1. The molecule has 2 amide bonds. The molecule has 0 spiro atoms. The van der Waals surface area contributed by atoms with E-state index < -0.39 is 12.1 Å². The Morgan fingerprint density at radius 1 is 1.24 bits per heavy atom. The fourth-order valence-electron chi connectivity index (χ4n) is 2.65. The SMILES string of the molecule is CCC(c1ccc2c(c1)sc1ccccc12)N(O)C(N)=O. The lowest BCUT2D eigenvalue weighted by molar-refractivity contribution is -0.0774. The highest BCUT2D eigenvalue weighted by Gasteiger charge is 2.21. The van der Waals surface area contributed by atoms with Crippen LogP contribution in [0.5, 0.6) is 0 Å². The van der Waals surface area contributed by atoms with Gasteiger partial charge < -0.3 is 5.73 Å². The molecule has 3 N–H and O–H groups in total. The molecule has 1 unspecified atom stereocenters. The number of primary amides is 1. The predicted molar refractivity (Wildman–Crippen MR) is 85.6 cm³/mol. The molecule has 0 aliphatic rings. The minimum absolute atomic E-state index is 0.419. The summed E-state index contributed by atoms with van der Waals surface area (Å²) < 4.78 is 2.37. The minimum Gasteiger partial charge on any atom is -0.350 e. The first-order valence-corrected chi connectivity index (χ1v) is 7.62. The quantitative estimate of drug-likeness (QED) is 0.560. The molecular weight excluding hydrogens is 284 g/mol. The van der Waals surface area contributed by atoms with Gasteiger partial charge in [0.25, 0.3) is 0 Å². The van der Waals surface area contributed by atoms with Crippen LogP contribution in [-0.4, -0.2) is 16.3 Å². The zero-order valence-electron chi connectivity index (χ0n) is 11.6. The molecule has 0 radical (unpaired) electrons. The molecule has 108 valence electrons. The smallest absolute Gasteiger partial charge is 0.339 e. The lowest BCUT2D eigenvalue weighted by Crippen LogP contribution is -2.35. The van der Waals surface area contributed by atoms with Gasteiger partial charge >= 0.3 is 6.03 Å². The molecule has 3 rings (SSSR count). The molecule has 2 aromatic carbocycles. The van der Waals surface area contributed by atoms with Crippen molar-refractivity contribution in [1.82, 2.24) is 5.06 Å². The van der Waals surface area contributed by atoms with Crippen molar-refractivity contribution in [1.29, 1.82) is 0 Å². The largest absolute Gasteiger partial charge is 0.350 e. The molecule has 0 saturated heterocycles. The molecule has 1 heterocycles. The highest BCUT2D eigenvalue weighted by atomic mass is 32.1. The highest BCUT2D eigenvalue weighted by Crippen LogP contribution is 2.36. The molecule has 0 aliphatic heterocycles. The second-order valence-electron chi connectivity index (χ2n) is 4.96. The monoisotopic (exact) mass is 300 g/mol. The molecule has 0 fully saturated rings. The molecule has 0 saturated carbocycles. The number of carbonyl (C=O) groups is 1. The molecule has 0 bridgehead atoms. The molecule has 5 heteroatoms. The summed E-state index contributed by atoms with van der Waals surface area (Å²) in [5.41, 5.74) is 6.05. The summed E-state index contributed by atoms with van der Waals surface area (Å²) in [5, 5.41) is 12.8. The Balaban J connectivity index is 2.12. The van der Waals surface area contributed by atoms with Gasteiger partial charge in [0, 0.05) is 20.2 Å². The van der Waals surface area contributed by atoms with Gasteiger partial charge in [0.15, 0.2) is 0 Å². The molecule has 3 aromatic rings. The van der Waals surface area contributed by atoms with E-state index in [9.17, 15) is 10.0 Å². The van der Waals surface area contributed by atoms with E-state index in [1.165, 1.54) is 15.5 Å². The number of nitrogens with two attached hydrogens (primary N) is 1. The number of thiophene rings is 1. The Bertz CT molecular complexity index is 812. The van der Waals surface area contributed by atoms with E-state index in [0.29, 0.717) is 11.5 Å². The topological polar surface area (TPSA) is 66.6 Å². The van der Waals surface area contributed by atoms with Crippen LogP contribution in [0.15, 0.2) is 42.5 Å². The second-order valence-corrected chi connectivity index (χ2v) is 6.04.